The zero-order valence-electron chi connectivity index (χ0n) is 11.7. The van der Waals surface area contributed by atoms with Gasteiger partial charge in [-0.1, -0.05) is 58.3 Å². The zero-order chi connectivity index (χ0) is 11.9. The van der Waals surface area contributed by atoms with Gasteiger partial charge in [0.15, 0.2) is 0 Å². The average Bonchev–Trinajstić information content (AvgIpc) is 2.62. The molecule has 100 valence electrons. The fourth-order valence-electron chi connectivity index (χ4n) is 4.05. The molecule has 0 saturated heterocycles. The fourth-order valence-corrected chi connectivity index (χ4v) is 4.05. The first-order valence-corrected chi connectivity index (χ1v) is 8.15. The predicted molar refractivity (Wildman–Crippen MR) is 75.2 cm³/mol. The third-order valence-corrected chi connectivity index (χ3v) is 4.98. The molecule has 1 N–H and O–H groups in total. The molecule has 0 bridgehead atoms. The van der Waals surface area contributed by atoms with Crippen LogP contribution in [0.2, 0.25) is 0 Å². The topological polar surface area (TPSA) is 12.0 Å². The van der Waals surface area contributed by atoms with Crippen LogP contribution in [0.15, 0.2) is 0 Å². The predicted octanol–water partition coefficient (Wildman–Crippen LogP) is 4.52. The second kappa shape index (κ2) is 7.41. The van der Waals surface area contributed by atoms with Crippen molar-refractivity contribution in [2.45, 2.75) is 83.6 Å². The van der Waals surface area contributed by atoms with Crippen molar-refractivity contribution in [3.63, 3.8) is 0 Å². The van der Waals surface area contributed by atoms with E-state index >= 15 is 0 Å². The van der Waals surface area contributed by atoms with Crippen molar-refractivity contribution >= 4 is 0 Å². The highest BCUT2D eigenvalue weighted by atomic mass is 14.9. The Morgan fingerprint density at radius 2 is 1.47 bits per heavy atom. The molecule has 0 radical (unpaired) electrons. The third-order valence-electron chi connectivity index (χ3n) is 4.98. The van der Waals surface area contributed by atoms with Gasteiger partial charge in [-0.05, 0) is 37.6 Å². The van der Waals surface area contributed by atoms with E-state index in [9.17, 15) is 0 Å². The lowest BCUT2D eigenvalue weighted by atomic mass is 9.74. The summed E-state index contributed by atoms with van der Waals surface area (Å²) in [7, 11) is 0. The van der Waals surface area contributed by atoms with Gasteiger partial charge in [0.05, 0.1) is 0 Å². The minimum Gasteiger partial charge on any atom is -0.314 e. The van der Waals surface area contributed by atoms with Crippen LogP contribution in [-0.4, -0.2) is 12.6 Å². The van der Waals surface area contributed by atoms with Crippen LogP contribution in [0.25, 0.3) is 0 Å². The second-order valence-corrected chi connectivity index (χ2v) is 6.26. The molecule has 2 fully saturated rings. The minimum absolute atomic E-state index is 0.848. The summed E-state index contributed by atoms with van der Waals surface area (Å²) in [5, 5.41) is 3.86. The first-order valence-electron chi connectivity index (χ1n) is 8.15. The van der Waals surface area contributed by atoms with E-state index < -0.39 is 0 Å². The summed E-state index contributed by atoms with van der Waals surface area (Å²) in [6.45, 7) is 3.52. The van der Waals surface area contributed by atoms with Gasteiger partial charge in [0.2, 0.25) is 0 Å². The van der Waals surface area contributed by atoms with Crippen LogP contribution >= 0.6 is 0 Å². The highest BCUT2D eigenvalue weighted by Crippen LogP contribution is 2.37. The number of nitrogens with one attached hydrogen (secondary N) is 1. The first kappa shape index (κ1) is 13.4. The molecule has 17 heavy (non-hydrogen) atoms. The summed E-state index contributed by atoms with van der Waals surface area (Å²) in [5.74, 6) is 2.06. The zero-order valence-corrected chi connectivity index (χ0v) is 11.7. The fraction of sp³-hybridized carbons (Fsp3) is 1.00. The van der Waals surface area contributed by atoms with Crippen molar-refractivity contribution in [3.05, 3.63) is 0 Å². The molecule has 0 aromatic rings. The first-order chi connectivity index (χ1) is 8.42. The number of hydrogen-bond acceptors (Lipinski definition) is 1. The van der Waals surface area contributed by atoms with Crippen molar-refractivity contribution < 1.29 is 0 Å². The van der Waals surface area contributed by atoms with Gasteiger partial charge < -0.3 is 5.32 Å². The molecule has 2 atom stereocenters. The highest BCUT2D eigenvalue weighted by molar-refractivity contribution is 4.85. The number of hydrogen-bond donors (Lipinski definition) is 1. The van der Waals surface area contributed by atoms with Gasteiger partial charge in [0, 0.05) is 6.04 Å². The van der Waals surface area contributed by atoms with E-state index in [-0.39, 0.29) is 0 Å². The molecule has 0 amide bonds. The van der Waals surface area contributed by atoms with E-state index in [4.69, 9.17) is 0 Å². The molecule has 0 heterocycles. The molecule has 2 aliphatic carbocycles. The Bertz CT molecular complexity index is 196. The van der Waals surface area contributed by atoms with Crippen molar-refractivity contribution in [1.29, 1.82) is 0 Å². The Balaban J connectivity index is 1.92. The molecule has 0 aromatic heterocycles. The summed E-state index contributed by atoms with van der Waals surface area (Å²) < 4.78 is 0. The Labute approximate surface area is 108 Å². The van der Waals surface area contributed by atoms with E-state index in [0.29, 0.717) is 0 Å². The Kier molecular flexibility index (Phi) is 5.84. The van der Waals surface area contributed by atoms with E-state index in [1.54, 1.807) is 0 Å². The summed E-state index contributed by atoms with van der Waals surface area (Å²) >= 11 is 0. The van der Waals surface area contributed by atoms with Gasteiger partial charge >= 0.3 is 0 Å². The molecule has 2 unspecified atom stereocenters. The van der Waals surface area contributed by atoms with Gasteiger partial charge in [-0.15, -0.1) is 0 Å². The summed E-state index contributed by atoms with van der Waals surface area (Å²) in [6.07, 6.45) is 16.2. The summed E-state index contributed by atoms with van der Waals surface area (Å²) in [5.41, 5.74) is 0. The highest BCUT2D eigenvalue weighted by Gasteiger charge is 2.30. The standard InChI is InChI=1S/C16H31N/c1-2-13-17-16-12-8-4-7-11-15(16)14-9-5-3-6-10-14/h14-17H,2-13H2,1H3. The van der Waals surface area contributed by atoms with Crippen LogP contribution in [0, 0.1) is 11.8 Å². The average molecular weight is 237 g/mol. The van der Waals surface area contributed by atoms with E-state index in [1.165, 1.54) is 77.2 Å². The van der Waals surface area contributed by atoms with Crippen LogP contribution < -0.4 is 5.32 Å². The molecule has 2 rings (SSSR count). The summed E-state index contributed by atoms with van der Waals surface area (Å²) in [4.78, 5) is 0. The molecule has 1 heteroatoms. The van der Waals surface area contributed by atoms with Gasteiger partial charge in [-0.2, -0.15) is 0 Å². The lowest BCUT2D eigenvalue weighted by Gasteiger charge is -2.35. The normalized spacial score (nSPS) is 32.3. The van der Waals surface area contributed by atoms with Crippen molar-refractivity contribution in [1.82, 2.24) is 5.32 Å². The van der Waals surface area contributed by atoms with Crippen molar-refractivity contribution in [2.75, 3.05) is 6.54 Å². The monoisotopic (exact) mass is 237 g/mol. The smallest absolute Gasteiger partial charge is 0.00979 e. The van der Waals surface area contributed by atoms with E-state index in [0.717, 1.165) is 17.9 Å². The van der Waals surface area contributed by atoms with E-state index in [1.807, 2.05) is 0 Å². The molecule has 1 nitrogen and oxygen atoms in total. The molecule has 2 saturated carbocycles. The van der Waals surface area contributed by atoms with Crippen molar-refractivity contribution in [2.24, 2.45) is 11.8 Å². The SMILES string of the molecule is CCCNC1CCCCCC1C1CCCCC1. The van der Waals surface area contributed by atoms with Gasteiger partial charge in [-0.25, -0.2) is 0 Å². The van der Waals surface area contributed by atoms with Crippen LogP contribution in [0.3, 0.4) is 0 Å². The molecular weight excluding hydrogens is 206 g/mol. The molecule has 0 spiro atoms. The lowest BCUT2D eigenvalue weighted by Crippen LogP contribution is -2.40. The van der Waals surface area contributed by atoms with Gasteiger partial charge in [0.25, 0.3) is 0 Å². The third kappa shape index (κ3) is 3.98. The van der Waals surface area contributed by atoms with Crippen LogP contribution in [0.4, 0.5) is 0 Å². The van der Waals surface area contributed by atoms with Crippen LogP contribution in [0.5, 0.6) is 0 Å². The summed E-state index contributed by atoms with van der Waals surface area (Å²) in [6, 6.07) is 0.848. The largest absolute Gasteiger partial charge is 0.314 e. The van der Waals surface area contributed by atoms with Crippen molar-refractivity contribution in [3.8, 4) is 0 Å². The molecular formula is C16H31N. The number of rotatable bonds is 4. The maximum atomic E-state index is 3.86. The maximum Gasteiger partial charge on any atom is 0.00979 e. The van der Waals surface area contributed by atoms with E-state index in [2.05, 4.69) is 12.2 Å². The molecule has 0 aliphatic heterocycles. The molecule has 2 aliphatic rings. The minimum atomic E-state index is 0.848. The Morgan fingerprint density at radius 1 is 0.824 bits per heavy atom. The van der Waals surface area contributed by atoms with Crippen LogP contribution in [0.1, 0.15) is 77.6 Å². The second-order valence-electron chi connectivity index (χ2n) is 6.26. The van der Waals surface area contributed by atoms with Gasteiger partial charge in [-0.3, -0.25) is 0 Å². The van der Waals surface area contributed by atoms with Crippen LogP contribution in [-0.2, 0) is 0 Å². The maximum absolute atomic E-state index is 3.86. The Hall–Kier alpha value is -0.0400. The lowest BCUT2D eigenvalue weighted by molar-refractivity contribution is 0.185. The molecule has 0 aromatic carbocycles. The quantitative estimate of drug-likeness (QED) is 0.709. The Morgan fingerprint density at radius 3 is 2.18 bits per heavy atom. The van der Waals surface area contributed by atoms with Gasteiger partial charge in [0.1, 0.15) is 0 Å².